The molecule has 2 aromatic heterocycles. The van der Waals surface area contributed by atoms with Crippen LogP contribution in [0.4, 0.5) is 5.69 Å². The molecule has 2 aromatic carbocycles. The molecule has 0 N–H and O–H groups in total. The third-order valence-corrected chi connectivity index (χ3v) is 4.89. The van der Waals surface area contributed by atoms with Crippen LogP contribution in [-0.2, 0) is 0 Å². The predicted octanol–water partition coefficient (Wildman–Crippen LogP) is 5.47. The summed E-state index contributed by atoms with van der Waals surface area (Å²) in [5, 5.41) is 5.86. The Balaban J connectivity index is 1.47. The number of thiophene rings is 1. The smallest absolute Gasteiger partial charge is 0.280 e. The fraction of sp³-hybridized carbons (Fsp3) is 0.0476. The fourth-order valence-electron chi connectivity index (χ4n) is 2.56. The topological polar surface area (TPSA) is 55.6 Å². The number of ether oxygens (including phenoxy) is 1. The molecule has 5 nitrogen and oxygen atoms in total. The van der Waals surface area contributed by atoms with Gasteiger partial charge in [-0.1, -0.05) is 29.4 Å². The SMILES string of the molecule is CN(C(=O)c1cc(-c2cccs2)on1)c1ccc(Oc2ccccc2)cc1. The van der Waals surface area contributed by atoms with Gasteiger partial charge in [-0.25, -0.2) is 0 Å². The van der Waals surface area contributed by atoms with E-state index in [9.17, 15) is 4.79 Å². The van der Waals surface area contributed by atoms with E-state index < -0.39 is 0 Å². The summed E-state index contributed by atoms with van der Waals surface area (Å²) in [6.45, 7) is 0. The Morgan fingerprint density at radius 3 is 2.44 bits per heavy atom. The first-order valence-corrected chi connectivity index (χ1v) is 9.20. The van der Waals surface area contributed by atoms with E-state index >= 15 is 0 Å². The molecule has 0 fully saturated rings. The van der Waals surface area contributed by atoms with Gasteiger partial charge in [0.15, 0.2) is 11.5 Å². The standard InChI is InChI=1S/C21H16N2O3S/c1-23(21(24)18-14-19(26-22-18)20-8-5-13-27-20)15-9-11-17(12-10-15)25-16-6-3-2-4-7-16/h2-14H,1H3. The first kappa shape index (κ1) is 17.1. The minimum Gasteiger partial charge on any atom is -0.457 e. The number of rotatable bonds is 5. The van der Waals surface area contributed by atoms with Crippen LogP contribution < -0.4 is 9.64 Å². The van der Waals surface area contributed by atoms with Crippen molar-refractivity contribution in [1.82, 2.24) is 5.16 Å². The predicted molar refractivity (Wildman–Crippen MR) is 106 cm³/mol. The van der Waals surface area contributed by atoms with Crippen LogP contribution in [0.15, 0.2) is 82.7 Å². The lowest BCUT2D eigenvalue weighted by Crippen LogP contribution is -2.26. The zero-order valence-electron chi connectivity index (χ0n) is 14.5. The highest BCUT2D eigenvalue weighted by molar-refractivity contribution is 7.13. The lowest BCUT2D eigenvalue weighted by molar-refractivity contribution is 0.0984. The van der Waals surface area contributed by atoms with Gasteiger partial charge in [0, 0.05) is 18.8 Å². The molecule has 6 heteroatoms. The van der Waals surface area contributed by atoms with Gasteiger partial charge in [0.1, 0.15) is 11.5 Å². The zero-order valence-corrected chi connectivity index (χ0v) is 15.3. The molecule has 0 radical (unpaired) electrons. The van der Waals surface area contributed by atoms with Crippen LogP contribution in [0.5, 0.6) is 11.5 Å². The lowest BCUT2D eigenvalue weighted by atomic mass is 10.2. The van der Waals surface area contributed by atoms with E-state index in [-0.39, 0.29) is 11.6 Å². The van der Waals surface area contributed by atoms with Gasteiger partial charge in [-0.05, 0) is 47.8 Å². The van der Waals surface area contributed by atoms with Crippen molar-refractivity contribution in [2.75, 3.05) is 11.9 Å². The van der Waals surface area contributed by atoms with Gasteiger partial charge in [0.25, 0.3) is 5.91 Å². The van der Waals surface area contributed by atoms with E-state index in [0.717, 1.165) is 16.3 Å². The highest BCUT2D eigenvalue weighted by atomic mass is 32.1. The summed E-state index contributed by atoms with van der Waals surface area (Å²) in [6, 6.07) is 22.4. The lowest BCUT2D eigenvalue weighted by Gasteiger charge is -2.16. The molecule has 134 valence electrons. The molecule has 0 aliphatic carbocycles. The van der Waals surface area contributed by atoms with E-state index in [1.54, 1.807) is 13.1 Å². The van der Waals surface area contributed by atoms with E-state index in [1.807, 2.05) is 72.1 Å². The average molecular weight is 376 g/mol. The van der Waals surface area contributed by atoms with Crippen LogP contribution in [0.25, 0.3) is 10.6 Å². The summed E-state index contributed by atoms with van der Waals surface area (Å²) in [4.78, 5) is 15.1. The number of anilines is 1. The average Bonchev–Trinajstić information content (AvgIpc) is 3.40. The van der Waals surface area contributed by atoms with Gasteiger partial charge in [-0.15, -0.1) is 11.3 Å². The minimum atomic E-state index is -0.238. The number of hydrogen-bond acceptors (Lipinski definition) is 5. The first-order chi connectivity index (χ1) is 13.2. The molecule has 0 atom stereocenters. The maximum atomic E-state index is 12.7. The maximum absolute atomic E-state index is 12.7. The zero-order chi connectivity index (χ0) is 18.6. The number of para-hydroxylation sites is 1. The Kier molecular flexibility index (Phi) is 4.72. The van der Waals surface area contributed by atoms with E-state index in [1.165, 1.54) is 16.2 Å². The Bertz CT molecular complexity index is 1030. The van der Waals surface area contributed by atoms with E-state index in [4.69, 9.17) is 9.26 Å². The van der Waals surface area contributed by atoms with Crippen molar-refractivity contribution >= 4 is 22.9 Å². The summed E-state index contributed by atoms with van der Waals surface area (Å²) in [6.07, 6.45) is 0. The van der Waals surface area contributed by atoms with Crippen molar-refractivity contribution in [3.8, 4) is 22.1 Å². The van der Waals surface area contributed by atoms with Crippen LogP contribution in [0, 0.1) is 0 Å². The van der Waals surface area contributed by atoms with Crippen LogP contribution in [0.2, 0.25) is 0 Å². The van der Waals surface area contributed by atoms with Gasteiger partial charge in [-0.2, -0.15) is 0 Å². The maximum Gasteiger partial charge on any atom is 0.280 e. The van der Waals surface area contributed by atoms with Crippen LogP contribution >= 0.6 is 11.3 Å². The monoisotopic (exact) mass is 376 g/mol. The second-order valence-electron chi connectivity index (χ2n) is 5.83. The molecule has 1 amide bonds. The van der Waals surface area contributed by atoms with Crippen LogP contribution in [0.1, 0.15) is 10.5 Å². The van der Waals surface area contributed by atoms with Gasteiger partial charge in [-0.3, -0.25) is 4.79 Å². The quantitative estimate of drug-likeness (QED) is 0.463. The van der Waals surface area contributed by atoms with Gasteiger partial charge >= 0.3 is 0 Å². The normalized spacial score (nSPS) is 10.6. The number of benzene rings is 2. The second kappa shape index (κ2) is 7.47. The molecule has 4 rings (SSSR count). The van der Waals surface area contributed by atoms with Crippen molar-refractivity contribution < 1.29 is 14.1 Å². The van der Waals surface area contributed by atoms with Crippen LogP contribution in [0.3, 0.4) is 0 Å². The summed E-state index contributed by atoms with van der Waals surface area (Å²) in [5.41, 5.74) is 1.01. The number of carbonyl (C=O) groups excluding carboxylic acids is 1. The Labute approximate surface area is 160 Å². The number of nitrogens with zero attached hydrogens (tertiary/aromatic N) is 2. The van der Waals surface area contributed by atoms with Crippen molar-refractivity contribution in [3.63, 3.8) is 0 Å². The van der Waals surface area contributed by atoms with Crippen molar-refractivity contribution in [3.05, 3.63) is 83.9 Å². The number of carbonyl (C=O) groups is 1. The molecule has 0 saturated heterocycles. The third kappa shape index (κ3) is 3.75. The molecule has 0 aliphatic heterocycles. The van der Waals surface area contributed by atoms with E-state index in [2.05, 4.69) is 5.16 Å². The molecule has 0 saturated carbocycles. The molecule has 27 heavy (non-hydrogen) atoms. The molecular formula is C21H16N2O3S. The van der Waals surface area contributed by atoms with Crippen molar-refractivity contribution in [1.29, 1.82) is 0 Å². The van der Waals surface area contributed by atoms with Crippen LogP contribution in [-0.4, -0.2) is 18.1 Å². The molecule has 0 spiro atoms. The van der Waals surface area contributed by atoms with Crippen molar-refractivity contribution in [2.24, 2.45) is 0 Å². The molecule has 4 aromatic rings. The molecule has 0 unspecified atom stereocenters. The Morgan fingerprint density at radius 1 is 1.00 bits per heavy atom. The first-order valence-electron chi connectivity index (χ1n) is 8.32. The summed E-state index contributed by atoms with van der Waals surface area (Å²) in [7, 11) is 1.70. The molecule has 0 bridgehead atoms. The number of amides is 1. The van der Waals surface area contributed by atoms with E-state index in [0.29, 0.717) is 11.5 Å². The summed E-state index contributed by atoms with van der Waals surface area (Å²) < 4.78 is 11.1. The van der Waals surface area contributed by atoms with Gasteiger partial charge in [0.2, 0.25) is 0 Å². The van der Waals surface area contributed by atoms with Gasteiger partial charge in [0.05, 0.1) is 4.88 Å². The Morgan fingerprint density at radius 2 is 1.74 bits per heavy atom. The molecule has 0 aliphatic rings. The third-order valence-electron chi connectivity index (χ3n) is 4.00. The minimum absolute atomic E-state index is 0.238. The highest BCUT2D eigenvalue weighted by Gasteiger charge is 2.19. The second-order valence-corrected chi connectivity index (χ2v) is 6.77. The largest absolute Gasteiger partial charge is 0.457 e. The van der Waals surface area contributed by atoms with Crippen molar-refractivity contribution in [2.45, 2.75) is 0 Å². The number of hydrogen-bond donors (Lipinski definition) is 0. The molecule has 2 heterocycles. The number of aromatic nitrogens is 1. The Hall–Kier alpha value is -3.38. The summed E-state index contributed by atoms with van der Waals surface area (Å²) >= 11 is 1.54. The summed E-state index contributed by atoms with van der Waals surface area (Å²) in [5.74, 6) is 1.82. The molecular weight excluding hydrogens is 360 g/mol. The van der Waals surface area contributed by atoms with Gasteiger partial charge < -0.3 is 14.2 Å². The highest BCUT2D eigenvalue weighted by Crippen LogP contribution is 2.27. The fourth-order valence-corrected chi connectivity index (χ4v) is 3.24.